The van der Waals surface area contributed by atoms with Crippen LogP contribution in [0.5, 0.6) is 0 Å². The third kappa shape index (κ3) is 13.9. The molecule has 3 N–H and O–H groups in total. The first kappa shape index (κ1) is 24.8. The number of allylic oxidation sites excluding steroid dienone is 1. The van der Waals surface area contributed by atoms with E-state index in [9.17, 15) is 5.11 Å². The van der Waals surface area contributed by atoms with Crippen molar-refractivity contribution in [3.63, 3.8) is 0 Å². The van der Waals surface area contributed by atoms with Crippen LogP contribution in [-0.2, 0) is 11.3 Å². The van der Waals surface area contributed by atoms with Crippen LogP contribution < -0.4 is 5.73 Å². The first-order chi connectivity index (χ1) is 13.7. The molecule has 0 amide bonds. The summed E-state index contributed by atoms with van der Waals surface area (Å²) in [5, 5.41) is 10.1. The van der Waals surface area contributed by atoms with Gasteiger partial charge in [-0.3, -0.25) is 4.98 Å². The second-order valence-electron chi connectivity index (χ2n) is 7.78. The van der Waals surface area contributed by atoms with E-state index < -0.39 is 12.1 Å². The summed E-state index contributed by atoms with van der Waals surface area (Å²) < 4.78 is 5.57. The highest BCUT2D eigenvalue weighted by molar-refractivity contribution is 5.07. The largest absolute Gasteiger partial charge is 0.387 e. The highest BCUT2D eigenvalue weighted by Crippen LogP contribution is 2.12. The van der Waals surface area contributed by atoms with E-state index in [0.717, 1.165) is 12.0 Å². The summed E-state index contributed by atoms with van der Waals surface area (Å²) in [5.41, 5.74) is 7.05. The number of pyridine rings is 1. The Morgan fingerprint density at radius 1 is 0.964 bits per heavy atom. The molecular formula is C24H42N2O2. The second kappa shape index (κ2) is 17.8. The fourth-order valence-corrected chi connectivity index (χ4v) is 3.20. The molecule has 0 saturated carbocycles. The van der Waals surface area contributed by atoms with Crippen LogP contribution in [-0.4, -0.2) is 28.8 Å². The zero-order valence-electron chi connectivity index (χ0n) is 17.9. The van der Waals surface area contributed by atoms with E-state index >= 15 is 0 Å². The molecule has 1 rings (SSSR count). The molecule has 0 saturated heterocycles. The van der Waals surface area contributed by atoms with Gasteiger partial charge in [0.15, 0.2) is 0 Å². The van der Waals surface area contributed by atoms with Crippen LogP contribution in [0.2, 0.25) is 0 Å². The topological polar surface area (TPSA) is 68.4 Å². The number of unbranched alkanes of at least 4 members (excludes halogenated alkanes) is 11. The predicted molar refractivity (Wildman–Crippen MR) is 118 cm³/mol. The van der Waals surface area contributed by atoms with Crippen molar-refractivity contribution in [3.8, 4) is 0 Å². The summed E-state index contributed by atoms with van der Waals surface area (Å²) in [4.78, 5) is 3.97. The lowest BCUT2D eigenvalue weighted by atomic mass is 10.0. The third-order valence-corrected chi connectivity index (χ3v) is 5.07. The van der Waals surface area contributed by atoms with Crippen molar-refractivity contribution in [2.75, 3.05) is 6.61 Å². The molecule has 0 aliphatic heterocycles. The second-order valence-corrected chi connectivity index (χ2v) is 7.78. The minimum Gasteiger partial charge on any atom is -0.387 e. The molecule has 0 bridgehead atoms. The van der Waals surface area contributed by atoms with Gasteiger partial charge in [0.1, 0.15) is 0 Å². The van der Waals surface area contributed by atoms with E-state index in [-0.39, 0.29) is 0 Å². The summed E-state index contributed by atoms with van der Waals surface area (Å²) in [6.45, 7) is 3.10. The van der Waals surface area contributed by atoms with Crippen LogP contribution in [0.25, 0.3) is 0 Å². The first-order valence-electron chi connectivity index (χ1n) is 11.3. The minimum atomic E-state index is -0.648. The molecule has 0 aromatic carbocycles. The zero-order chi connectivity index (χ0) is 20.3. The predicted octanol–water partition coefficient (Wildman–Crippen LogP) is 5.54. The number of aromatic nitrogens is 1. The summed E-state index contributed by atoms with van der Waals surface area (Å²) in [6.07, 6.45) is 22.6. The van der Waals surface area contributed by atoms with Crippen LogP contribution in [0.3, 0.4) is 0 Å². The Kier molecular flexibility index (Phi) is 15.8. The van der Waals surface area contributed by atoms with Gasteiger partial charge in [0, 0.05) is 12.4 Å². The smallest absolute Gasteiger partial charge is 0.0894 e. The van der Waals surface area contributed by atoms with Crippen molar-refractivity contribution in [3.05, 3.63) is 42.2 Å². The monoisotopic (exact) mass is 390 g/mol. The summed E-state index contributed by atoms with van der Waals surface area (Å²) in [7, 11) is 0. The van der Waals surface area contributed by atoms with Crippen LogP contribution in [0.4, 0.5) is 0 Å². The van der Waals surface area contributed by atoms with Crippen molar-refractivity contribution in [2.45, 2.75) is 103 Å². The van der Waals surface area contributed by atoms with Crippen molar-refractivity contribution in [2.24, 2.45) is 5.73 Å². The Morgan fingerprint density at radius 3 is 2.14 bits per heavy atom. The van der Waals surface area contributed by atoms with Gasteiger partial charge >= 0.3 is 0 Å². The summed E-state index contributed by atoms with van der Waals surface area (Å²) in [5.74, 6) is 0. The van der Waals surface area contributed by atoms with E-state index in [4.69, 9.17) is 10.5 Å². The molecular weight excluding hydrogens is 348 g/mol. The standard InChI is InChI=1S/C24H42N2O2/c1-2-3-4-5-6-7-8-9-10-11-12-13-14-15-24(27)23(25)21-28-20-22-16-18-26-19-17-22/h14-19,23-24,27H,2-13,20-21,25H2,1H3/b15-14+/t23-,24+/m0/s1. The molecule has 0 aliphatic carbocycles. The molecule has 1 aromatic rings. The maximum atomic E-state index is 10.1. The summed E-state index contributed by atoms with van der Waals surface area (Å²) >= 11 is 0. The van der Waals surface area contributed by atoms with E-state index in [0.29, 0.717) is 13.2 Å². The number of hydrogen-bond acceptors (Lipinski definition) is 4. The first-order valence-corrected chi connectivity index (χ1v) is 11.3. The lowest BCUT2D eigenvalue weighted by Gasteiger charge is -2.15. The molecule has 0 unspecified atom stereocenters. The Morgan fingerprint density at radius 2 is 1.54 bits per heavy atom. The fourth-order valence-electron chi connectivity index (χ4n) is 3.20. The normalized spacial score (nSPS) is 13.8. The highest BCUT2D eigenvalue weighted by Gasteiger charge is 2.11. The number of aliphatic hydroxyl groups excluding tert-OH is 1. The lowest BCUT2D eigenvalue weighted by molar-refractivity contribution is 0.0713. The Bertz CT molecular complexity index is 479. The van der Waals surface area contributed by atoms with Crippen molar-refractivity contribution in [1.82, 2.24) is 4.98 Å². The van der Waals surface area contributed by atoms with Gasteiger partial charge in [-0.2, -0.15) is 0 Å². The van der Waals surface area contributed by atoms with Gasteiger partial charge in [-0.15, -0.1) is 0 Å². The molecule has 1 heterocycles. The van der Waals surface area contributed by atoms with Gasteiger partial charge < -0.3 is 15.6 Å². The molecule has 0 fully saturated rings. The number of rotatable bonds is 18. The number of nitrogens with zero attached hydrogens (tertiary/aromatic N) is 1. The molecule has 4 heteroatoms. The maximum absolute atomic E-state index is 10.1. The van der Waals surface area contributed by atoms with E-state index in [2.05, 4.69) is 18.0 Å². The quantitative estimate of drug-likeness (QED) is 0.255. The average molecular weight is 391 g/mol. The van der Waals surface area contributed by atoms with Gasteiger partial charge in [0.2, 0.25) is 0 Å². The van der Waals surface area contributed by atoms with Crippen molar-refractivity contribution >= 4 is 0 Å². The van der Waals surface area contributed by atoms with Gasteiger partial charge in [-0.05, 0) is 30.5 Å². The molecule has 0 spiro atoms. The van der Waals surface area contributed by atoms with E-state index in [1.165, 1.54) is 70.6 Å². The van der Waals surface area contributed by atoms with Crippen LogP contribution in [0, 0.1) is 0 Å². The van der Waals surface area contributed by atoms with Gasteiger partial charge in [0.25, 0.3) is 0 Å². The maximum Gasteiger partial charge on any atom is 0.0894 e. The lowest BCUT2D eigenvalue weighted by Crippen LogP contribution is -2.37. The SMILES string of the molecule is CCCCCCCCCCCCC/C=C/[C@@H](O)[C@@H](N)COCc1ccncc1. The Hall–Kier alpha value is -1.23. The minimum absolute atomic E-state index is 0.340. The Labute approximate surface area is 172 Å². The zero-order valence-corrected chi connectivity index (χ0v) is 17.9. The molecule has 0 radical (unpaired) electrons. The van der Waals surface area contributed by atoms with Crippen LogP contribution in [0.15, 0.2) is 36.7 Å². The van der Waals surface area contributed by atoms with Crippen molar-refractivity contribution < 1.29 is 9.84 Å². The molecule has 1 aromatic heterocycles. The number of aliphatic hydroxyl groups is 1. The van der Waals surface area contributed by atoms with Gasteiger partial charge in [0.05, 0.1) is 25.4 Å². The van der Waals surface area contributed by atoms with E-state index in [1.54, 1.807) is 12.4 Å². The van der Waals surface area contributed by atoms with Gasteiger partial charge in [-0.25, -0.2) is 0 Å². The molecule has 4 nitrogen and oxygen atoms in total. The number of hydrogen-bond donors (Lipinski definition) is 2. The van der Waals surface area contributed by atoms with Crippen LogP contribution >= 0.6 is 0 Å². The molecule has 0 aliphatic rings. The molecule has 2 atom stereocenters. The molecule has 28 heavy (non-hydrogen) atoms. The summed E-state index contributed by atoms with van der Waals surface area (Å²) in [6, 6.07) is 3.43. The Balaban J connectivity index is 1.92. The van der Waals surface area contributed by atoms with Crippen molar-refractivity contribution in [1.29, 1.82) is 0 Å². The van der Waals surface area contributed by atoms with Gasteiger partial charge in [-0.1, -0.05) is 83.3 Å². The number of ether oxygens (including phenoxy) is 1. The fraction of sp³-hybridized carbons (Fsp3) is 0.708. The number of nitrogens with two attached hydrogens (primary N) is 1. The highest BCUT2D eigenvalue weighted by atomic mass is 16.5. The third-order valence-electron chi connectivity index (χ3n) is 5.07. The van der Waals surface area contributed by atoms with E-state index in [1.807, 2.05) is 18.2 Å². The molecule has 160 valence electrons. The average Bonchev–Trinajstić information content (AvgIpc) is 2.72. The van der Waals surface area contributed by atoms with Crippen LogP contribution in [0.1, 0.15) is 89.5 Å².